The van der Waals surface area contributed by atoms with Gasteiger partial charge in [0.2, 0.25) is 5.95 Å². The third-order valence-electron chi connectivity index (χ3n) is 3.86. The summed E-state index contributed by atoms with van der Waals surface area (Å²) < 4.78 is 0. The predicted molar refractivity (Wildman–Crippen MR) is 84.3 cm³/mol. The zero-order valence-electron chi connectivity index (χ0n) is 13.1. The van der Waals surface area contributed by atoms with Gasteiger partial charge in [0.25, 0.3) is 5.91 Å². The van der Waals surface area contributed by atoms with E-state index >= 15 is 0 Å². The molecule has 5 heteroatoms. The van der Waals surface area contributed by atoms with Crippen LogP contribution in [-0.4, -0.2) is 28.5 Å². The number of nitrogens with zero attached hydrogens (tertiary/aromatic N) is 2. The molecule has 1 aromatic heterocycles. The smallest absolute Gasteiger partial charge is 0.254 e. The van der Waals surface area contributed by atoms with Crippen LogP contribution in [0.25, 0.3) is 0 Å². The Labute approximate surface area is 127 Å². The van der Waals surface area contributed by atoms with Crippen molar-refractivity contribution in [3.8, 4) is 0 Å². The molecule has 1 heterocycles. The lowest BCUT2D eigenvalue weighted by atomic mass is 9.95. The zero-order valence-corrected chi connectivity index (χ0v) is 13.1. The van der Waals surface area contributed by atoms with E-state index in [1.54, 1.807) is 12.4 Å². The quantitative estimate of drug-likeness (QED) is 0.845. The molecule has 2 N–H and O–H groups in total. The van der Waals surface area contributed by atoms with Crippen molar-refractivity contribution < 1.29 is 4.79 Å². The van der Waals surface area contributed by atoms with E-state index in [2.05, 4.69) is 34.4 Å². The van der Waals surface area contributed by atoms with Gasteiger partial charge >= 0.3 is 0 Å². The standard InChI is InChI=1S/C16H26N4O/c1-12(2)8-9-17-16-18-10-13(11-19-16)15(21)20-14-6-4-3-5-7-14/h10-12,14H,3-9H2,1-2H3,(H,20,21)(H,17,18,19). The summed E-state index contributed by atoms with van der Waals surface area (Å²) in [5, 5.41) is 6.24. The second kappa shape index (κ2) is 7.96. The maximum atomic E-state index is 12.1. The SMILES string of the molecule is CC(C)CCNc1ncc(C(=O)NC2CCCCC2)cn1. The molecule has 1 aliphatic rings. The minimum absolute atomic E-state index is 0.0596. The summed E-state index contributed by atoms with van der Waals surface area (Å²) in [6.45, 7) is 5.22. The minimum Gasteiger partial charge on any atom is -0.354 e. The summed E-state index contributed by atoms with van der Waals surface area (Å²) in [5.41, 5.74) is 0.537. The molecule has 0 saturated heterocycles. The van der Waals surface area contributed by atoms with Gasteiger partial charge in [-0.3, -0.25) is 4.79 Å². The number of carbonyl (C=O) groups excluding carboxylic acids is 1. The lowest BCUT2D eigenvalue weighted by molar-refractivity contribution is 0.0927. The maximum absolute atomic E-state index is 12.1. The molecule has 1 saturated carbocycles. The van der Waals surface area contributed by atoms with E-state index in [4.69, 9.17) is 0 Å². The second-order valence-electron chi connectivity index (χ2n) is 6.21. The molecule has 0 spiro atoms. The second-order valence-corrected chi connectivity index (χ2v) is 6.21. The van der Waals surface area contributed by atoms with Gasteiger partial charge < -0.3 is 10.6 Å². The molecule has 116 valence electrons. The number of hydrogen-bond donors (Lipinski definition) is 2. The van der Waals surface area contributed by atoms with Crippen LogP contribution in [-0.2, 0) is 0 Å². The molecule has 1 aromatic rings. The maximum Gasteiger partial charge on any atom is 0.254 e. The van der Waals surface area contributed by atoms with E-state index in [0.29, 0.717) is 23.5 Å². The van der Waals surface area contributed by atoms with Gasteiger partial charge in [-0.05, 0) is 25.2 Å². The number of amides is 1. The molecular formula is C16H26N4O. The monoisotopic (exact) mass is 290 g/mol. The van der Waals surface area contributed by atoms with E-state index in [-0.39, 0.29) is 5.91 Å². The summed E-state index contributed by atoms with van der Waals surface area (Å²) in [7, 11) is 0. The Morgan fingerprint density at radius 2 is 1.90 bits per heavy atom. The summed E-state index contributed by atoms with van der Waals surface area (Å²) in [6, 6.07) is 0.315. The molecule has 5 nitrogen and oxygen atoms in total. The zero-order chi connectivity index (χ0) is 15.1. The number of hydrogen-bond acceptors (Lipinski definition) is 4. The van der Waals surface area contributed by atoms with Crippen LogP contribution in [0.5, 0.6) is 0 Å². The molecular weight excluding hydrogens is 264 g/mol. The number of carbonyl (C=O) groups is 1. The van der Waals surface area contributed by atoms with Crippen LogP contribution in [0.1, 0.15) is 62.7 Å². The average Bonchev–Trinajstić information content (AvgIpc) is 2.48. The number of anilines is 1. The van der Waals surface area contributed by atoms with Crippen LogP contribution in [0.4, 0.5) is 5.95 Å². The Balaban J connectivity index is 1.81. The molecule has 2 rings (SSSR count). The van der Waals surface area contributed by atoms with Crippen molar-refractivity contribution in [1.82, 2.24) is 15.3 Å². The third-order valence-corrected chi connectivity index (χ3v) is 3.86. The first-order chi connectivity index (χ1) is 10.1. The van der Waals surface area contributed by atoms with E-state index < -0.39 is 0 Å². The first-order valence-corrected chi connectivity index (χ1v) is 8.02. The first-order valence-electron chi connectivity index (χ1n) is 8.02. The fourth-order valence-electron chi connectivity index (χ4n) is 2.52. The molecule has 0 unspecified atom stereocenters. The highest BCUT2D eigenvalue weighted by Crippen LogP contribution is 2.17. The van der Waals surface area contributed by atoms with Crippen LogP contribution >= 0.6 is 0 Å². The molecule has 0 aliphatic heterocycles. The Hall–Kier alpha value is -1.65. The van der Waals surface area contributed by atoms with Crippen molar-refractivity contribution in [2.75, 3.05) is 11.9 Å². The van der Waals surface area contributed by atoms with Crippen molar-refractivity contribution in [2.24, 2.45) is 5.92 Å². The highest BCUT2D eigenvalue weighted by molar-refractivity contribution is 5.93. The lowest BCUT2D eigenvalue weighted by Crippen LogP contribution is -2.36. The summed E-state index contributed by atoms with van der Waals surface area (Å²) in [5.74, 6) is 1.18. The largest absolute Gasteiger partial charge is 0.354 e. The normalized spacial score (nSPS) is 16.0. The van der Waals surface area contributed by atoms with Gasteiger partial charge in [0.1, 0.15) is 0 Å². The molecule has 0 aromatic carbocycles. The molecule has 0 radical (unpaired) electrons. The highest BCUT2D eigenvalue weighted by atomic mass is 16.1. The average molecular weight is 290 g/mol. The van der Waals surface area contributed by atoms with Gasteiger partial charge in [0.05, 0.1) is 5.56 Å². The van der Waals surface area contributed by atoms with E-state index in [0.717, 1.165) is 25.8 Å². The molecule has 1 fully saturated rings. The minimum atomic E-state index is -0.0596. The topological polar surface area (TPSA) is 66.9 Å². The molecule has 21 heavy (non-hydrogen) atoms. The van der Waals surface area contributed by atoms with Gasteiger partial charge in [-0.25, -0.2) is 9.97 Å². The molecule has 0 atom stereocenters. The van der Waals surface area contributed by atoms with Crippen molar-refractivity contribution in [3.63, 3.8) is 0 Å². The van der Waals surface area contributed by atoms with Crippen molar-refractivity contribution in [1.29, 1.82) is 0 Å². The summed E-state index contributed by atoms with van der Waals surface area (Å²) in [6.07, 6.45) is 10.1. The van der Waals surface area contributed by atoms with E-state index in [1.165, 1.54) is 19.3 Å². The van der Waals surface area contributed by atoms with Crippen LogP contribution in [0.2, 0.25) is 0 Å². The van der Waals surface area contributed by atoms with Crippen molar-refractivity contribution in [2.45, 2.75) is 58.4 Å². The van der Waals surface area contributed by atoms with Crippen LogP contribution in [0, 0.1) is 5.92 Å². The fraction of sp³-hybridized carbons (Fsp3) is 0.688. The molecule has 1 aliphatic carbocycles. The Kier molecular flexibility index (Phi) is 5.96. The van der Waals surface area contributed by atoms with Gasteiger partial charge in [0, 0.05) is 25.0 Å². The van der Waals surface area contributed by atoms with E-state index in [9.17, 15) is 4.79 Å². The summed E-state index contributed by atoms with van der Waals surface area (Å²) in [4.78, 5) is 20.5. The van der Waals surface area contributed by atoms with Gasteiger partial charge in [-0.2, -0.15) is 0 Å². The number of rotatable bonds is 6. The third kappa shape index (κ3) is 5.33. The fourth-order valence-corrected chi connectivity index (χ4v) is 2.52. The Morgan fingerprint density at radius 3 is 2.52 bits per heavy atom. The van der Waals surface area contributed by atoms with Gasteiger partial charge in [-0.1, -0.05) is 33.1 Å². The Bertz CT molecular complexity index is 438. The Morgan fingerprint density at radius 1 is 1.24 bits per heavy atom. The predicted octanol–water partition coefficient (Wildman–Crippen LogP) is 3.00. The number of nitrogens with one attached hydrogen (secondary N) is 2. The lowest BCUT2D eigenvalue weighted by Gasteiger charge is -2.22. The first kappa shape index (κ1) is 15.7. The summed E-state index contributed by atoms with van der Waals surface area (Å²) >= 11 is 0. The molecule has 0 bridgehead atoms. The van der Waals surface area contributed by atoms with Crippen LogP contribution in [0.15, 0.2) is 12.4 Å². The van der Waals surface area contributed by atoms with Gasteiger partial charge in [0.15, 0.2) is 0 Å². The van der Waals surface area contributed by atoms with E-state index in [1.807, 2.05) is 0 Å². The van der Waals surface area contributed by atoms with Crippen molar-refractivity contribution in [3.05, 3.63) is 18.0 Å². The molecule has 1 amide bonds. The van der Waals surface area contributed by atoms with Crippen molar-refractivity contribution >= 4 is 11.9 Å². The number of aromatic nitrogens is 2. The van der Waals surface area contributed by atoms with Gasteiger partial charge in [-0.15, -0.1) is 0 Å². The van der Waals surface area contributed by atoms with Crippen LogP contribution < -0.4 is 10.6 Å². The van der Waals surface area contributed by atoms with Crippen LogP contribution in [0.3, 0.4) is 0 Å². The highest BCUT2D eigenvalue weighted by Gasteiger charge is 2.17.